The van der Waals surface area contributed by atoms with Crippen molar-refractivity contribution in [3.63, 3.8) is 0 Å². The number of rotatable bonds is 5. The van der Waals surface area contributed by atoms with Gasteiger partial charge >= 0.3 is 5.97 Å². The zero-order valence-electron chi connectivity index (χ0n) is 12.9. The van der Waals surface area contributed by atoms with E-state index >= 15 is 0 Å². The van der Waals surface area contributed by atoms with Crippen LogP contribution in [0.25, 0.3) is 10.1 Å². The van der Waals surface area contributed by atoms with Crippen LogP contribution in [0.4, 0.5) is 0 Å². The molecule has 3 aromatic rings. The van der Waals surface area contributed by atoms with Crippen LogP contribution < -0.4 is 10.5 Å². The maximum Gasteiger partial charge on any atom is 0.346 e. The third kappa shape index (κ3) is 2.96. The Bertz CT molecular complexity index is 928. The standard InChI is InChI=1S/C18H15NO4S/c1-10-3-2-4-14-15(10)13(16(24-14)18(21)22)9-23-12-7-5-11(6-8-12)17(19)20/h2-8H,9H2,1H3,(H2,19,20)(H,21,22). The first-order chi connectivity index (χ1) is 11.5. The number of benzene rings is 2. The lowest BCUT2D eigenvalue weighted by Crippen LogP contribution is -2.10. The van der Waals surface area contributed by atoms with Gasteiger partial charge in [0.25, 0.3) is 0 Å². The third-order valence-corrected chi connectivity index (χ3v) is 4.92. The van der Waals surface area contributed by atoms with Gasteiger partial charge in [0.2, 0.25) is 5.91 Å². The largest absolute Gasteiger partial charge is 0.489 e. The van der Waals surface area contributed by atoms with Crippen LogP contribution in [-0.4, -0.2) is 17.0 Å². The average molecular weight is 341 g/mol. The normalized spacial score (nSPS) is 10.7. The van der Waals surface area contributed by atoms with Crippen molar-refractivity contribution < 1.29 is 19.4 Å². The van der Waals surface area contributed by atoms with Crippen molar-refractivity contribution >= 4 is 33.3 Å². The number of carbonyl (C=O) groups excluding carboxylic acids is 1. The van der Waals surface area contributed by atoms with Crippen LogP contribution in [0.1, 0.15) is 31.2 Å². The van der Waals surface area contributed by atoms with Gasteiger partial charge < -0.3 is 15.6 Å². The predicted octanol–water partition coefficient (Wildman–Crippen LogP) is 3.59. The molecule has 2 aromatic carbocycles. The number of thiophene rings is 1. The maximum atomic E-state index is 11.5. The fourth-order valence-corrected chi connectivity index (χ4v) is 3.70. The Balaban J connectivity index is 1.93. The number of aryl methyl sites for hydroxylation is 1. The smallest absolute Gasteiger partial charge is 0.346 e. The summed E-state index contributed by atoms with van der Waals surface area (Å²) >= 11 is 1.25. The minimum absolute atomic E-state index is 0.141. The maximum absolute atomic E-state index is 11.5. The van der Waals surface area contributed by atoms with Crippen molar-refractivity contribution in [3.8, 4) is 5.75 Å². The lowest BCUT2D eigenvalue weighted by molar-refractivity contribution is 0.0699. The summed E-state index contributed by atoms with van der Waals surface area (Å²) in [5.41, 5.74) is 7.28. The second-order valence-corrected chi connectivity index (χ2v) is 6.39. The average Bonchev–Trinajstić information content (AvgIpc) is 2.93. The Labute approximate surface area is 142 Å². The van der Waals surface area contributed by atoms with Crippen molar-refractivity contribution in [1.82, 2.24) is 0 Å². The van der Waals surface area contributed by atoms with Gasteiger partial charge in [-0.05, 0) is 42.8 Å². The number of carbonyl (C=O) groups is 2. The Kier molecular flexibility index (Phi) is 4.22. The number of carboxylic acids is 1. The minimum atomic E-state index is -0.960. The number of ether oxygens (including phenoxy) is 1. The van der Waals surface area contributed by atoms with Gasteiger partial charge in [-0.3, -0.25) is 4.79 Å². The summed E-state index contributed by atoms with van der Waals surface area (Å²) in [6.45, 7) is 2.09. The number of primary amides is 1. The van der Waals surface area contributed by atoms with Gasteiger partial charge in [-0.2, -0.15) is 0 Å². The number of carboxylic acid groups (broad SMARTS) is 1. The van der Waals surface area contributed by atoms with Gasteiger partial charge in [0.15, 0.2) is 0 Å². The molecule has 0 atom stereocenters. The van der Waals surface area contributed by atoms with Crippen molar-refractivity contribution in [2.75, 3.05) is 0 Å². The van der Waals surface area contributed by atoms with E-state index < -0.39 is 11.9 Å². The Morgan fingerprint density at radius 3 is 2.50 bits per heavy atom. The molecule has 122 valence electrons. The highest BCUT2D eigenvalue weighted by Crippen LogP contribution is 2.34. The topological polar surface area (TPSA) is 89.6 Å². The molecule has 1 heterocycles. The van der Waals surface area contributed by atoms with E-state index in [0.717, 1.165) is 15.6 Å². The summed E-state index contributed by atoms with van der Waals surface area (Å²) in [5, 5.41) is 10.4. The lowest BCUT2D eigenvalue weighted by atomic mass is 10.1. The molecule has 0 aliphatic heterocycles. The van der Waals surface area contributed by atoms with Crippen LogP contribution in [-0.2, 0) is 6.61 Å². The molecule has 0 saturated heterocycles. The van der Waals surface area contributed by atoms with Gasteiger partial charge in [-0.15, -0.1) is 11.3 Å². The minimum Gasteiger partial charge on any atom is -0.489 e. The van der Waals surface area contributed by atoms with Crippen molar-refractivity contribution in [1.29, 1.82) is 0 Å². The van der Waals surface area contributed by atoms with E-state index in [9.17, 15) is 14.7 Å². The fraction of sp³-hybridized carbons (Fsp3) is 0.111. The molecule has 0 fully saturated rings. The van der Waals surface area contributed by atoms with E-state index in [4.69, 9.17) is 10.5 Å². The molecule has 0 aliphatic carbocycles. The molecule has 1 aromatic heterocycles. The summed E-state index contributed by atoms with van der Waals surface area (Å²) in [4.78, 5) is 22.9. The molecular weight excluding hydrogens is 326 g/mol. The van der Waals surface area contributed by atoms with E-state index in [1.54, 1.807) is 24.3 Å². The molecule has 0 bridgehead atoms. The number of aromatic carboxylic acids is 1. The van der Waals surface area contributed by atoms with Crippen LogP contribution in [0.2, 0.25) is 0 Å². The lowest BCUT2D eigenvalue weighted by Gasteiger charge is -2.08. The third-order valence-electron chi connectivity index (χ3n) is 3.74. The molecule has 0 unspecified atom stereocenters. The SMILES string of the molecule is Cc1cccc2sc(C(=O)O)c(COc3ccc(C(N)=O)cc3)c12. The van der Waals surface area contributed by atoms with E-state index in [1.807, 2.05) is 25.1 Å². The molecule has 0 aliphatic rings. The van der Waals surface area contributed by atoms with Crippen LogP contribution in [0.15, 0.2) is 42.5 Å². The first-order valence-electron chi connectivity index (χ1n) is 7.24. The van der Waals surface area contributed by atoms with E-state index in [0.29, 0.717) is 16.9 Å². The quantitative estimate of drug-likeness (QED) is 0.742. The molecular formula is C18H15NO4S. The van der Waals surface area contributed by atoms with Gasteiger partial charge in [-0.25, -0.2) is 4.79 Å². The van der Waals surface area contributed by atoms with E-state index in [-0.39, 0.29) is 11.5 Å². The van der Waals surface area contributed by atoms with Crippen LogP contribution >= 0.6 is 11.3 Å². The molecule has 5 nitrogen and oxygen atoms in total. The highest BCUT2D eigenvalue weighted by molar-refractivity contribution is 7.21. The monoisotopic (exact) mass is 341 g/mol. The van der Waals surface area contributed by atoms with Crippen molar-refractivity contribution in [3.05, 3.63) is 64.0 Å². The predicted molar refractivity (Wildman–Crippen MR) is 92.8 cm³/mol. The molecule has 0 saturated carbocycles. The molecule has 6 heteroatoms. The Morgan fingerprint density at radius 2 is 1.88 bits per heavy atom. The van der Waals surface area contributed by atoms with Crippen molar-refractivity contribution in [2.24, 2.45) is 5.73 Å². The number of hydrogen-bond donors (Lipinski definition) is 2. The molecule has 1 amide bonds. The molecule has 0 radical (unpaired) electrons. The molecule has 3 rings (SSSR count). The van der Waals surface area contributed by atoms with E-state index in [1.165, 1.54) is 11.3 Å². The number of amides is 1. The first kappa shape index (κ1) is 16.0. The summed E-state index contributed by atoms with van der Waals surface area (Å²) < 4.78 is 6.66. The van der Waals surface area contributed by atoms with Crippen LogP contribution in [0, 0.1) is 6.92 Å². The fourth-order valence-electron chi connectivity index (χ4n) is 2.58. The van der Waals surface area contributed by atoms with Gasteiger partial charge in [0.05, 0.1) is 0 Å². The summed E-state index contributed by atoms with van der Waals surface area (Å²) in [6, 6.07) is 12.2. The number of nitrogens with two attached hydrogens (primary N) is 1. The summed E-state index contributed by atoms with van der Waals surface area (Å²) in [7, 11) is 0. The Hall–Kier alpha value is -2.86. The zero-order chi connectivity index (χ0) is 17.3. The molecule has 3 N–H and O–H groups in total. The zero-order valence-corrected chi connectivity index (χ0v) is 13.7. The van der Waals surface area contributed by atoms with E-state index in [2.05, 4.69) is 0 Å². The van der Waals surface area contributed by atoms with Gasteiger partial charge in [-0.1, -0.05) is 12.1 Å². The highest BCUT2D eigenvalue weighted by atomic mass is 32.1. The highest BCUT2D eigenvalue weighted by Gasteiger charge is 2.19. The van der Waals surface area contributed by atoms with Crippen molar-refractivity contribution in [2.45, 2.75) is 13.5 Å². The summed E-state index contributed by atoms with van der Waals surface area (Å²) in [6.07, 6.45) is 0. The summed E-state index contributed by atoms with van der Waals surface area (Å²) in [5.74, 6) is -0.920. The van der Waals surface area contributed by atoms with Crippen LogP contribution in [0.5, 0.6) is 5.75 Å². The second-order valence-electron chi connectivity index (χ2n) is 5.34. The number of hydrogen-bond acceptors (Lipinski definition) is 4. The van der Waals surface area contributed by atoms with Crippen LogP contribution in [0.3, 0.4) is 0 Å². The van der Waals surface area contributed by atoms with Gasteiger partial charge in [0.1, 0.15) is 17.2 Å². The Morgan fingerprint density at radius 1 is 1.17 bits per heavy atom. The molecule has 0 spiro atoms. The molecule has 24 heavy (non-hydrogen) atoms. The second kappa shape index (κ2) is 6.33. The number of fused-ring (bicyclic) bond motifs is 1. The van der Waals surface area contributed by atoms with Gasteiger partial charge in [0, 0.05) is 21.2 Å². The first-order valence-corrected chi connectivity index (χ1v) is 8.06.